The first-order valence-electron chi connectivity index (χ1n) is 8.43. The van der Waals surface area contributed by atoms with E-state index in [1.165, 1.54) is 5.56 Å². The summed E-state index contributed by atoms with van der Waals surface area (Å²) in [6.45, 7) is 14.5. The first-order valence-corrected chi connectivity index (χ1v) is 10.6. The van der Waals surface area contributed by atoms with Gasteiger partial charge in [-0.25, -0.2) is 4.79 Å². The number of amides is 1. The Morgan fingerprint density at radius 2 is 1.52 bits per heavy atom. The molecular formula is C18H31NO3Si. The average Bonchev–Trinajstić information content (AvgIpc) is 2.43. The van der Waals surface area contributed by atoms with Gasteiger partial charge in [0.1, 0.15) is 0 Å². The normalized spacial score (nSPS) is 12.2. The largest absolute Gasteiger partial charge is 0.465 e. The Morgan fingerprint density at radius 1 is 1.04 bits per heavy atom. The number of benzene rings is 1. The van der Waals surface area contributed by atoms with Gasteiger partial charge in [0.15, 0.2) is 8.32 Å². The van der Waals surface area contributed by atoms with Gasteiger partial charge in [-0.05, 0) is 40.7 Å². The molecule has 0 spiro atoms. The van der Waals surface area contributed by atoms with E-state index < -0.39 is 14.4 Å². The van der Waals surface area contributed by atoms with E-state index in [-0.39, 0.29) is 0 Å². The van der Waals surface area contributed by atoms with Crippen LogP contribution in [0.3, 0.4) is 0 Å². The van der Waals surface area contributed by atoms with E-state index in [0.29, 0.717) is 22.3 Å². The maximum Gasteiger partial charge on any atom is 0.409 e. The van der Waals surface area contributed by atoms with Gasteiger partial charge in [0, 0.05) is 12.3 Å². The molecule has 0 fully saturated rings. The summed E-state index contributed by atoms with van der Waals surface area (Å²) in [6, 6.07) is 7.50. The van der Waals surface area contributed by atoms with Gasteiger partial charge in [-0.2, -0.15) is 0 Å². The molecule has 23 heavy (non-hydrogen) atoms. The van der Waals surface area contributed by atoms with Crippen LogP contribution in [0.25, 0.3) is 0 Å². The Morgan fingerprint density at radius 3 is 1.91 bits per heavy atom. The number of hydrogen-bond donors (Lipinski definition) is 2. The quantitative estimate of drug-likeness (QED) is 0.615. The minimum Gasteiger partial charge on any atom is -0.465 e. The molecule has 0 aromatic heterocycles. The second kappa shape index (κ2) is 8.50. The van der Waals surface area contributed by atoms with Gasteiger partial charge in [-0.1, -0.05) is 53.7 Å². The van der Waals surface area contributed by atoms with Crippen molar-refractivity contribution < 1.29 is 14.3 Å². The molecule has 0 aliphatic carbocycles. The summed E-state index contributed by atoms with van der Waals surface area (Å²) < 4.78 is 6.54. The third-order valence-corrected chi connectivity index (χ3v) is 10.8. The van der Waals surface area contributed by atoms with Crippen molar-refractivity contribution in [3.8, 4) is 0 Å². The van der Waals surface area contributed by atoms with Gasteiger partial charge in [0.05, 0.1) is 0 Å². The molecule has 0 radical (unpaired) electrons. The van der Waals surface area contributed by atoms with Crippen LogP contribution in [0.1, 0.15) is 47.1 Å². The molecule has 0 saturated carbocycles. The maximum absolute atomic E-state index is 10.6. The molecular weight excluding hydrogens is 306 g/mol. The number of carboxylic acid groups (broad SMARTS) is 1. The van der Waals surface area contributed by atoms with Crippen LogP contribution in [0.2, 0.25) is 16.6 Å². The van der Waals surface area contributed by atoms with Gasteiger partial charge < -0.3 is 9.53 Å². The molecule has 2 N–H and O–H groups in total. The van der Waals surface area contributed by atoms with Crippen molar-refractivity contribution >= 4 is 20.1 Å². The van der Waals surface area contributed by atoms with E-state index in [1.807, 2.05) is 12.1 Å². The van der Waals surface area contributed by atoms with Crippen LogP contribution in [-0.2, 0) is 10.8 Å². The highest BCUT2D eigenvalue weighted by Crippen LogP contribution is 2.42. The Hall–Kier alpha value is -1.33. The highest BCUT2D eigenvalue weighted by atomic mass is 28.4. The third-order valence-electron chi connectivity index (χ3n) is 4.66. The molecule has 0 unspecified atom stereocenters. The highest BCUT2D eigenvalue weighted by Gasteiger charge is 2.44. The Balaban J connectivity index is 2.68. The number of rotatable bonds is 8. The van der Waals surface area contributed by atoms with Crippen molar-refractivity contribution in [2.75, 3.05) is 11.9 Å². The smallest absolute Gasteiger partial charge is 0.409 e. The predicted molar refractivity (Wildman–Crippen MR) is 98.8 cm³/mol. The van der Waals surface area contributed by atoms with E-state index in [9.17, 15) is 4.79 Å². The Kier molecular flexibility index (Phi) is 7.29. The second-order valence-corrected chi connectivity index (χ2v) is 12.5. The fourth-order valence-electron chi connectivity index (χ4n) is 3.72. The van der Waals surface area contributed by atoms with Crippen molar-refractivity contribution in [2.45, 2.75) is 64.6 Å². The van der Waals surface area contributed by atoms with E-state index in [0.717, 1.165) is 13.0 Å². The number of carbonyl (C=O) groups is 1. The monoisotopic (exact) mass is 337 g/mol. The minimum absolute atomic E-state index is 0.588. The molecule has 1 amide bonds. The van der Waals surface area contributed by atoms with Gasteiger partial charge in [-0.3, -0.25) is 5.32 Å². The second-order valence-electron chi connectivity index (χ2n) is 7.04. The molecule has 1 aromatic rings. The van der Waals surface area contributed by atoms with Gasteiger partial charge in [0.2, 0.25) is 0 Å². The van der Waals surface area contributed by atoms with E-state index in [1.54, 1.807) is 12.1 Å². The first-order chi connectivity index (χ1) is 10.7. The number of hydrogen-bond acceptors (Lipinski definition) is 2. The maximum atomic E-state index is 10.6. The molecule has 1 aromatic carbocycles. The molecule has 5 heteroatoms. The van der Waals surface area contributed by atoms with Crippen LogP contribution in [0.5, 0.6) is 0 Å². The lowest BCUT2D eigenvalue weighted by Crippen LogP contribution is -2.48. The lowest BCUT2D eigenvalue weighted by Gasteiger charge is -2.42. The van der Waals surface area contributed by atoms with Crippen LogP contribution in [0, 0.1) is 0 Å². The standard InChI is InChI=1S/C18H31NO3Si/c1-13(2)23(14(3)4,15(5)6)22-12-11-16-7-9-17(10-8-16)19-18(20)21/h7-10,13-15,19H,11-12H2,1-6H3,(H,20,21). The molecule has 0 saturated heterocycles. The zero-order valence-electron chi connectivity index (χ0n) is 15.2. The minimum atomic E-state index is -1.80. The lowest BCUT2D eigenvalue weighted by atomic mass is 10.1. The zero-order chi connectivity index (χ0) is 17.6. The van der Waals surface area contributed by atoms with Crippen LogP contribution in [0.4, 0.5) is 10.5 Å². The fraction of sp³-hybridized carbons (Fsp3) is 0.611. The molecule has 4 nitrogen and oxygen atoms in total. The van der Waals surface area contributed by atoms with E-state index in [2.05, 4.69) is 46.9 Å². The summed E-state index contributed by atoms with van der Waals surface area (Å²) in [7, 11) is -1.80. The molecule has 130 valence electrons. The van der Waals surface area contributed by atoms with Crippen LogP contribution in [-0.4, -0.2) is 26.1 Å². The van der Waals surface area contributed by atoms with Crippen molar-refractivity contribution in [1.29, 1.82) is 0 Å². The number of nitrogens with one attached hydrogen (secondary N) is 1. The van der Waals surface area contributed by atoms with Crippen molar-refractivity contribution in [1.82, 2.24) is 0 Å². The van der Waals surface area contributed by atoms with Crippen molar-refractivity contribution in [2.24, 2.45) is 0 Å². The van der Waals surface area contributed by atoms with E-state index >= 15 is 0 Å². The summed E-state index contributed by atoms with van der Waals surface area (Å²) in [6.07, 6.45) is -0.184. The number of anilines is 1. The van der Waals surface area contributed by atoms with Crippen LogP contribution in [0.15, 0.2) is 24.3 Å². The van der Waals surface area contributed by atoms with Gasteiger partial charge in [0.25, 0.3) is 0 Å². The summed E-state index contributed by atoms with van der Waals surface area (Å²) in [5.74, 6) is 0. The van der Waals surface area contributed by atoms with Gasteiger partial charge in [-0.15, -0.1) is 0 Å². The molecule has 0 bridgehead atoms. The zero-order valence-corrected chi connectivity index (χ0v) is 16.2. The fourth-order valence-corrected chi connectivity index (χ4v) is 9.18. The summed E-state index contributed by atoms with van der Waals surface area (Å²) in [4.78, 5) is 10.6. The average molecular weight is 338 g/mol. The Bertz CT molecular complexity index is 476. The molecule has 0 aliphatic heterocycles. The molecule has 1 rings (SSSR count). The van der Waals surface area contributed by atoms with Crippen LogP contribution >= 0.6 is 0 Å². The topological polar surface area (TPSA) is 58.6 Å². The molecule has 0 aliphatic rings. The summed E-state index contributed by atoms with van der Waals surface area (Å²) in [5, 5.41) is 11.0. The van der Waals surface area contributed by atoms with Crippen LogP contribution < -0.4 is 5.32 Å². The molecule has 0 heterocycles. The SMILES string of the molecule is CC(C)[Si](OCCc1ccc(NC(=O)O)cc1)(C(C)C)C(C)C. The predicted octanol–water partition coefficient (Wildman–Crippen LogP) is 5.51. The lowest BCUT2D eigenvalue weighted by molar-refractivity contribution is 0.209. The summed E-state index contributed by atoms with van der Waals surface area (Å²) in [5.41, 5.74) is 3.52. The summed E-state index contributed by atoms with van der Waals surface area (Å²) >= 11 is 0. The van der Waals surface area contributed by atoms with E-state index in [4.69, 9.17) is 9.53 Å². The Labute approximate surface area is 141 Å². The van der Waals surface area contributed by atoms with Crippen molar-refractivity contribution in [3.05, 3.63) is 29.8 Å². The first kappa shape index (κ1) is 19.7. The highest BCUT2D eigenvalue weighted by molar-refractivity contribution is 6.77. The van der Waals surface area contributed by atoms with Gasteiger partial charge >= 0.3 is 6.09 Å². The molecule has 0 atom stereocenters. The van der Waals surface area contributed by atoms with Crippen molar-refractivity contribution in [3.63, 3.8) is 0 Å². The third kappa shape index (κ3) is 5.08.